The molecule has 1 aromatic rings. The van der Waals surface area contributed by atoms with Crippen molar-refractivity contribution in [2.75, 3.05) is 20.3 Å². The Morgan fingerprint density at radius 3 is 2.67 bits per heavy atom. The van der Waals surface area contributed by atoms with E-state index in [2.05, 4.69) is 16.4 Å². The lowest BCUT2D eigenvalue weighted by Crippen LogP contribution is -2.23. The number of aromatic nitrogens is 1. The van der Waals surface area contributed by atoms with E-state index < -0.39 is 0 Å². The molecule has 0 fully saturated rings. The van der Waals surface area contributed by atoms with Gasteiger partial charge in [0.15, 0.2) is 0 Å². The van der Waals surface area contributed by atoms with E-state index in [1.165, 1.54) is 5.56 Å². The highest BCUT2D eigenvalue weighted by Gasteiger charge is 2.12. The van der Waals surface area contributed by atoms with Gasteiger partial charge in [-0.25, -0.2) is 0 Å². The number of pyridine rings is 1. The van der Waals surface area contributed by atoms with E-state index in [4.69, 9.17) is 4.74 Å². The molecule has 1 rings (SSSR count). The van der Waals surface area contributed by atoms with Gasteiger partial charge >= 0.3 is 0 Å². The van der Waals surface area contributed by atoms with E-state index >= 15 is 0 Å². The molecule has 0 aliphatic rings. The van der Waals surface area contributed by atoms with Crippen LogP contribution in [0.15, 0.2) is 12.1 Å². The van der Waals surface area contributed by atoms with E-state index in [-0.39, 0.29) is 6.04 Å². The number of rotatable bonds is 5. The summed E-state index contributed by atoms with van der Waals surface area (Å²) in [4.78, 5) is 4.45. The van der Waals surface area contributed by atoms with Crippen LogP contribution in [0.5, 0.6) is 0 Å². The molecule has 0 radical (unpaired) electrons. The molecule has 0 aromatic carbocycles. The molecule has 0 saturated heterocycles. The van der Waals surface area contributed by atoms with Gasteiger partial charge in [-0.15, -0.1) is 0 Å². The van der Waals surface area contributed by atoms with Gasteiger partial charge in [0, 0.05) is 18.0 Å². The molecule has 0 amide bonds. The Labute approximate surface area is 91.9 Å². The summed E-state index contributed by atoms with van der Waals surface area (Å²) in [5.74, 6) is 0. The average Bonchev–Trinajstić information content (AvgIpc) is 2.21. The Morgan fingerprint density at radius 1 is 1.40 bits per heavy atom. The third-order valence-corrected chi connectivity index (χ3v) is 2.48. The molecule has 1 heterocycles. The summed E-state index contributed by atoms with van der Waals surface area (Å²) in [7, 11) is 1.95. The molecule has 1 atom stereocenters. The van der Waals surface area contributed by atoms with Gasteiger partial charge in [-0.2, -0.15) is 0 Å². The fourth-order valence-electron chi connectivity index (χ4n) is 1.63. The normalized spacial score (nSPS) is 12.8. The van der Waals surface area contributed by atoms with Gasteiger partial charge < -0.3 is 10.1 Å². The van der Waals surface area contributed by atoms with Crippen LogP contribution < -0.4 is 5.32 Å². The predicted molar refractivity (Wildman–Crippen MR) is 62.0 cm³/mol. The first-order valence-electron chi connectivity index (χ1n) is 5.38. The Kier molecular flexibility index (Phi) is 4.72. The number of aryl methyl sites for hydroxylation is 2. The summed E-state index contributed by atoms with van der Waals surface area (Å²) < 4.78 is 5.44. The Balaban J connectivity index is 2.81. The topological polar surface area (TPSA) is 34.1 Å². The maximum absolute atomic E-state index is 5.44. The van der Waals surface area contributed by atoms with Crippen molar-refractivity contribution in [1.29, 1.82) is 0 Å². The van der Waals surface area contributed by atoms with E-state index in [1.54, 1.807) is 0 Å². The molecule has 1 N–H and O–H groups in total. The fraction of sp³-hybridized carbons (Fsp3) is 0.583. The largest absolute Gasteiger partial charge is 0.380 e. The van der Waals surface area contributed by atoms with Crippen LogP contribution in [0.25, 0.3) is 0 Å². The first kappa shape index (κ1) is 12.1. The molecule has 1 unspecified atom stereocenters. The van der Waals surface area contributed by atoms with Crippen LogP contribution in [0.1, 0.15) is 29.9 Å². The van der Waals surface area contributed by atoms with Crippen LogP contribution in [0.4, 0.5) is 0 Å². The number of hydrogen-bond donors (Lipinski definition) is 1. The number of nitrogens with one attached hydrogen (secondary N) is 1. The van der Waals surface area contributed by atoms with E-state index in [0.29, 0.717) is 6.61 Å². The zero-order valence-corrected chi connectivity index (χ0v) is 10.0. The first-order valence-corrected chi connectivity index (χ1v) is 5.38. The van der Waals surface area contributed by atoms with E-state index in [1.807, 2.05) is 33.9 Å². The maximum atomic E-state index is 5.44. The first-order chi connectivity index (χ1) is 7.19. The maximum Gasteiger partial charge on any atom is 0.0661 e. The second kappa shape index (κ2) is 5.83. The number of nitrogens with zero attached hydrogens (tertiary/aromatic N) is 1. The van der Waals surface area contributed by atoms with Gasteiger partial charge in [0.2, 0.25) is 0 Å². The minimum Gasteiger partial charge on any atom is -0.380 e. The van der Waals surface area contributed by atoms with Crippen molar-refractivity contribution in [2.45, 2.75) is 26.8 Å². The van der Waals surface area contributed by atoms with Gasteiger partial charge in [-0.1, -0.05) is 6.07 Å². The van der Waals surface area contributed by atoms with Crippen LogP contribution in [0, 0.1) is 13.8 Å². The molecule has 0 spiro atoms. The molecule has 1 aromatic heterocycles. The quantitative estimate of drug-likeness (QED) is 0.803. The monoisotopic (exact) mass is 208 g/mol. The SMILES string of the molecule is CCOCC(NC)c1ccc(C)nc1C. The van der Waals surface area contributed by atoms with Crippen molar-refractivity contribution in [1.82, 2.24) is 10.3 Å². The average molecular weight is 208 g/mol. The van der Waals surface area contributed by atoms with Crippen molar-refractivity contribution in [3.63, 3.8) is 0 Å². The summed E-state index contributed by atoms with van der Waals surface area (Å²) in [5.41, 5.74) is 3.35. The fourth-order valence-corrected chi connectivity index (χ4v) is 1.63. The highest BCUT2D eigenvalue weighted by Crippen LogP contribution is 2.16. The Bertz CT molecular complexity index is 312. The predicted octanol–water partition coefficient (Wildman–Crippen LogP) is 2.00. The lowest BCUT2D eigenvalue weighted by Gasteiger charge is -2.18. The van der Waals surface area contributed by atoms with Crippen molar-refractivity contribution in [2.24, 2.45) is 0 Å². The molecular weight excluding hydrogens is 188 g/mol. The molecule has 84 valence electrons. The van der Waals surface area contributed by atoms with Gasteiger partial charge in [0.05, 0.1) is 12.6 Å². The van der Waals surface area contributed by atoms with E-state index in [9.17, 15) is 0 Å². The van der Waals surface area contributed by atoms with Crippen LogP contribution in [0.3, 0.4) is 0 Å². The standard InChI is InChI=1S/C12H20N2O/c1-5-15-8-12(13-4)11-7-6-9(2)14-10(11)3/h6-7,12-13H,5,8H2,1-4H3. The smallest absolute Gasteiger partial charge is 0.0661 e. The lowest BCUT2D eigenvalue weighted by atomic mass is 10.1. The van der Waals surface area contributed by atoms with Gasteiger partial charge in [0.1, 0.15) is 0 Å². The molecule has 0 bridgehead atoms. The number of ether oxygens (including phenoxy) is 1. The highest BCUT2D eigenvalue weighted by atomic mass is 16.5. The molecule has 3 heteroatoms. The van der Waals surface area contributed by atoms with Crippen molar-refractivity contribution < 1.29 is 4.74 Å². The third-order valence-electron chi connectivity index (χ3n) is 2.48. The van der Waals surface area contributed by atoms with E-state index in [0.717, 1.165) is 18.0 Å². The van der Waals surface area contributed by atoms with Crippen molar-refractivity contribution >= 4 is 0 Å². The molecule has 15 heavy (non-hydrogen) atoms. The van der Waals surface area contributed by atoms with Crippen molar-refractivity contribution in [3.05, 3.63) is 29.1 Å². The minimum atomic E-state index is 0.234. The molecule has 0 aliphatic heterocycles. The number of likely N-dealkylation sites (N-methyl/N-ethyl adjacent to an activating group) is 1. The lowest BCUT2D eigenvalue weighted by molar-refractivity contribution is 0.125. The van der Waals surface area contributed by atoms with Gasteiger partial charge in [0.25, 0.3) is 0 Å². The summed E-state index contributed by atoms with van der Waals surface area (Å²) in [5, 5.41) is 3.25. The summed E-state index contributed by atoms with van der Waals surface area (Å²) in [6, 6.07) is 4.40. The zero-order chi connectivity index (χ0) is 11.3. The second-order valence-corrected chi connectivity index (χ2v) is 3.63. The molecule has 3 nitrogen and oxygen atoms in total. The van der Waals surface area contributed by atoms with Crippen LogP contribution >= 0.6 is 0 Å². The summed E-state index contributed by atoms with van der Waals surface area (Å²) >= 11 is 0. The van der Waals surface area contributed by atoms with Crippen molar-refractivity contribution in [3.8, 4) is 0 Å². The molecule has 0 saturated carbocycles. The third kappa shape index (κ3) is 3.29. The van der Waals surface area contributed by atoms with Crippen LogP contribution in [-0.2, 0) is 4.74 Å². The summed E-state index contributed by atoms with van der Waals surface area (Å²) in [6.45, 7) is 7.49. The Morgan fingerprint density at radius 2 is 2.13 bits per heavy atom. The van der Waals surface area contributed by atoms with Gasteiger partial charge in [-0.05, 0) is 39.4 Å². The summed E-state index contributed by atoms with van der Waals surface area (Å²) in [6.07, 6.45) is 0. The van der Waals surface area contributed by atoms with Gasteiger partial charge in [-0.3, -0.25) is 4.98 Å². The molecular formula is C12H20N2O. The minimum absolute atomic E-state index is 0.234. The highest BCUT2D eigenvalue weighted by molar-refractivity contribution is 5.25. The molecule has 0 aliphatic carbocycles. The number of hydrogen-bond acceptors (Lipinski definition) is 3. The van der Waals surface area contributed by atoms with Crippen LogP contribution in [0.2, 0.25) is 0 Å². The second-order valence-electron chi connectivity index (χ2n) is 3.63. The Hall–Kier alpha value is -0.930. The van der Waals surface area contributed by atoms with Crippen LogP contribution in [-0.4, -0.2) is 25.2 Å². The zero-order valence-electron chi connectivity index (χ0n) is 10.0.